The molecule has 1 unspecified atom stereocenters. The van der Waals surface area contributed by atoms with Crippen LogP contribution < -0.4 is 10.6 Å². The molecular formula is C15H21ClN2O3. The Labute approximate surface area is 129 Å². The lowest BCUT2D eigenvalue weighted by atomic mass is 10.0. The summed E-state index contributed by atoms with van der Waals surface area (Å²) in [7, 11) is 0. The lowest BCUT2D eigenvalue weighted by Crippen LogP contribution is -2.47. The van der Waals surface area contributed by atoms with Crippen molar-refractivity contribution in [1.29, 1.82) is 0 Å². The average molecular weight is 313 g/mol. The molecular weight excluding hydrogens is 292 g/mol. The predicted molar refractivity (Wildman–Crippen MR) is 82.4 cm³/mol. The zero-order valence-corrected chi connectivity index (χ0v) is 13.1. The van der Waals surface area contributed by atoms with E-state index < -0.39 is 18.0 Å². The Morgan fingerprint density at radius 2 is 1.81 bits per heavy atom. The second kappa shape index (κ2) is 7.88. The van der Waals surface area contributed by atoms with Gasteiger partial charge in [-0.15, -0.1) is 0 Å². The summed E-state index contributed by atoms with van der Waals surface area (Å²) in [5.74, 6) is -0.864. The van der Waals surface area contributed by atoms with Crippen LogP contribution in [0.5, 0.6) is 0 Å². The van der Waals surface area contributed by atoms with E-state index in [4.69, 9.17) is 16.7 Å². The van der Waals surface area contributed by atoms with Crippen molar-refractivity contribution in [2.45, 2.75) is 39.3 Å². The average Bonchev–Trinajstić information content (AvgIpc) is 2.37. The third kappa shape index (κ3) is 5.63. The first kappa shape index (κ1) is 17.3. The van der Waals surface area contributed by atoms with Gasteiger partial charge in [-0.1, -0.05) is 43.6 Å². The molecule has 0 aromatic heterocycles. The Kier molecular flexibility index (Phi) is 6.49. The van der Waals surface area contributed by atoms with E-state index in [1.54, 1.807) is 13.0 Å². The van der Waals surface area contributed by atoms with Gasteiger partial charge in [0, 0.05) is 5.02 Å². The third-order valence-electron chi connectivity index (χ3n) is 3.03. The molecule has 116 valence electrons. The van der Waals surface area contributed by atoms with Crippen molar-refractivity contribution in [1.82, 2.24) is 10.6 Å². The molecule has 0 bridgehead atoms. The number of urea groups is 1. The molecule has 6 heteroatoms. The highest BCUT2D eigenvalue weighted by Gasteiger charge is 2.22. The fourth-order valence-corrected chi connectivity index (χ4v) is 2.29. The zero-order valence-electron chi connectivity index (χ0n) is 12.4. The fourth-order valence-electron chi connectivity index (χ4n) is 1.99. The lowest BCUT2D eigenvalue weighted by molar-refractivity contribution is -0.139. The normalized spacial score (nSPS) is 13.6. The van der Waals surface area contributed by atoms with Crippen LogP contribution in [0.2, 0.25) is 5.02 Å². The number of hydrogen-bond acceptors (Lipinski definition) is 2. The molecule has 0 heterocycles. The SMILES string of the molecule is CC(C)C[C@H](NC(=O)NC(C)c1ccccc1Cl)C(=O)O. The number of halogens is 1. The van der Waals surface area contributed by atoms with E-state index in [0.717, 1.165) is 5.56 Å². The van der Waals surface area contributed by atoms with Crippen molar-refractivity contribution in [3.63, 3.8) is 0 Å². The van der Waals surface area contributed by atoms with Crippen LogP contribution in [-0.4, -0.2) is 23.1 Å². The Morgan fingerprint density at radius 3 is 2.33 bits per heavy atom. The minimum absolute atomic E-state index is 0.174. The van der Waals surface area contributed by atoms with E-state index in [-0.39, 0.29) is 12.0 Å². The second-order valence-electron chi connectivity index (χ2n) is 5.38. The van der Waals surface area contributed by atoms with Crippen molar-refractivity contribution in [3.8, 4) is 0 Å². The molecule has 1 aromatic carbocycles. The number of carboxylic acid groups (broad SMARTS) is 1. The smallest absolute Gasteiger partial charge is 0.326 e. The molecule has 3 N–H and O–H groups in total. The molecule has 2 amide bonds. The minimum Gasteiger partial charge on any atom is -0.480 e. The van der Waals surface area contributed by atoms with Gasteiger partial charge >= 0.3 is 12.0 Å². The van der Waals surface area contributed by atoms with Crippen LogP contribution in [0.25, 0.3) is 0 Å². The van der Waals surface area contributed by atoms with Crippen LogP contribution in [0.15, 0.2) is 24.3 Å². The highest BCUT2D eigenvalue weighted by Crippen LogP contribution is 2.21. The molecule has 0 saturated carbocycles. The van der Waals surface area contributed by atoms with Crippen LogP contribution in [0, 0.1) is 5.92 Å². The fraction of sp³-hybridized carbons (Fsp3) is 0.467. The van der Waals surface area contributed by atoms with E-state index in [2.05, 4.69) is 10.6 Å². The number of amides is 2. The molecule has 0 spiro atoms. The third-order valence-corrected chi connectivity index (χ3v) is 3.37. The summed E-state index contributed by atoms with van der Waals surface area (Å²) in [5, 5.41) is 14.8. The molecule has 0 aliphatic carbocycles. The van der Waals surface area contributed by atoms with Gasteiger partial charge in [0.2, 0.25) is 0 Å². The van der Waals surface area contributed by atoms with Crippen molar-refractivity contribution in [2.75, 3.05) is 0 Å². The summed E-state index contributed by atoms with van der Waals surface area (Å²) in [6.07, 6.45) is 0.378. The maximum Gasteiger partial charge on any atom is 0.326 e. The van der Waals surface area contributed by atoms with Crippen molar-refractivity contribution in [2.24, 2.45) is 5.92 Å². The number of carbonyl (C=O) groups excluding carboxylic acids is 1. The number of aliphatic carboxylic acids is 1. The summed E-state index contributed by atoms with van der Waals surface area (Å²) in [6.45, 7) is 5.60. The van der Waals surface area contributed by atoms with E-state index in [1.807, 2.05) is 32.0 Å². The zero-order chi connectivity index (χ0) is 16.0. The van der Waals surface area contributed by atoms with E-state index in [0.29, 0.717) is 11.4 Å². The van der Waals surface area contributed by atoms with Crippen molar-refractivity contribution < 1.29 is 14.7 Å². The highest BCUT2D eigenvalue weighted by atomic mass is 35.5. The van der Waals surface area contributed by atoms with E-state index in [9.17, 15) is 9.59 Å². The van der Waals surface area contributed by atoms with Gasteiger partial charge in [0.15, 0.2) is 0 Å². The molecule has 0 aliphatic heterocycles. The summed E-state index contributed by atoms with van der Waals surface area (Å²) >= 11 is 6.06. The minimum atomic E-state index is -1.04. The summed E-state index contributed by atoms with van der Waals surface area (Å²) in [4.78, 5) is 23.0. The van der Waals surface area contributed by atoms with Gasteiger partial charge < -0.3 is 15.7 Å². The lowest BCUT2D eigenvalue weighted by Gasteiger charge is -2.20. The Morgan fingerprint density at radius 1 is 1.19 bits per heavy atom. The second-order valence-corrected chi connectivity index (χ2v) is 5.79. The largest absolute Gasteiger partial charge is 0.480 e. The number of benzene rings is 1. The summed E-state index contributed by atoms with van der Waals surface area (Å²) in [5.41, 5.74) is 0.782. The molecule has 0 fully saturated rings. The molecule has 0 aliphatic rings. The molecule has 1 rings (SSSR count). The standard InChI is InChI=1S/C15H21ClN2O3/c1-9(2)8-13(14(19)20)18-15(21)17-10(3)11-6-4-5-7-12(11)16/h4-7,9-10,13H,8H2,1-3H3,(H,19,20)(H2,17,18,21)/t10?,13-/m0/s1. The first-order chi connectivity index (χ1) is 9.81. The number of carboxylic acids is 1. The molecule has 0 saturated heterocycles. The number of hydrogen-bond donors (Lipinski definition) is 3. The summed E-state index contributed by atoms with van der Waals surface area (Å²) in [6, 6.07) is 5.46. The number of nitrogens with one attached hydrogen (secondary N) is 2. The van der Waals surface area contributed by atoms with Crippen molar-refractivity contribution >= 4 is 23.6 Å². The van der Waals surface area contributed by atoms with Crippen LogP contribution in [-0.2, 0) is 4.79 Å². The van der Waals surface area contributed by atoms with Gasteiger partial charge in [0.05, 0.1) is 6.04 Å². The van der Waals surface area contributed by atoms with Crippen LogP contribution in [0.1, 0.15) is 38.8 Å². The van der Waals surface area contributed by atoms with Crippen LogP contribution >= 0.6 is 11.6 Å². The maximum atomic E-state index is 11.9. The van der Waals surface area contributed by atoms with Crippen molar-refractivity contribution in [3.05, 3.63) is 34.9 Å². The summed E-state index contributed by atoms with van der Waals surface area (Å²) < 4.78 is 0. The first-order valence-corrected chi connectivity index (χ1v) is 7.23. The quantitative estimate of drug-likeness (QED) is 0.754. The van der Waals surface area contributed by atoms with Gasteiger partial charge in [-0.05, 0) is 30.9 Å². The van der Waals surface area contributed by atoms with Gasteiger partial charge in [0.25, 0.3) is 0 Å². The van der Waals surface area contributed by atoms with Gasteiger partial charge in [-0.25, -0.2) is 9.59 Å². The van der Waals surface area contributed by atoms with E-state index in [1.165, 1.54) is 0 Å². The van der Waals surface area contributed by atoms with Crippen LogP contribution in [0.4, 0.5) is 4.79 Å². The molecule has 1 aromatic rings. The predicted octanol–water partition coefficient (Wildman–Crippen LogP) is 3.20. The number of carbonyl (C=O) groups is 2. The Balaban J connectivity index is 2.64. The first-order valence-electron chi connectivity index (χ1n) is 6.85. The van der Waals surface area contributed by atoms with Gasteiger partial charge in [-0.3, -0.25) is 0 Å². The van der Waals surface area contributed by atoms with E-state index >= 15 is 0 Å². The monoisotopic (exact) mass is 312 g/mol. The molecule has 0 radical (unpaired) electrons. The topological polar surface area (TPSA) is 78.4 Å². The van der Waals surface area contributed by atoms with Crippen LogP contribution in [0.3, 0.4) is 0 Å². The van der Waals surface area contributed by atoms with Gasteiger partial charge in [0.1, 0.15) is 6.04 Å². The maximum absolute atomic E-state index is 11.9. The molecule has 2 atom stereocenters. The molecule has 21 heavy (non-hydrogen) atoms. The molecule has 5 nitrogen and oxygen atoms in total. The highest BCUT2D eigenvalue weighted by molar-refractivity contribution is 6.31. The van der Waals surface area contributed by atoms with Gasteiger partial charge in [-0.2, -0.15) is 0 Å². The Bertz CT molecular complexity index is 505. The number of rotatable bonds is 6. The Hall–Kier alpha value is -1.75.